The molecule has 0 heterocycles. The van der Waals surface area contributed by atoms with E-state index in [-0.39, 0.29) is 16.7 Å². The van der Waals surface area contributed by atoms with Crippen molar-refractivity contribution in [1.29, 1.82) is 0 Å². The Morgan fingerprint density at radius 3 is 1.87 bits per heavy atom. The first-order valence-electron chi connectivity index (χ1n) is 6.70. The number of ketones is 1. The number of hydrogen-bond acceptors (Lipinski definition) is 5. The third kappa shape index (κ3) is 3.26. The monoisotopic (exact) mass is 316 g/mol. The minimum atomic E-state index is -1.21. The first-order valence-corrected chi connectivity index (χ1v) is 6.70. The van der Waals surface area contributed by atoms with Gasteiger partial charge in [0.2, 0.25) is 0 Å². The third-order valence-electron chi connectivity index (χ3n) is 3.35. The standard InChI is InChI=1S/C17H16O6/c1-21-10-4-6-12(13(8-10)17(19)20)16(18)14-9-11(22-2)5-7-15(14)23-3/h4-9H,1-3H3,(H,19,20). The second-order valence-corrected chi connectivity index (χ2v) is 4.61. The van der Waals surface area contributed by atoms with Crippen molar-refractivity contribution in [3.8, 4) is 17.2 Å². The number of ether oxygens (including phenoxy) is 3. The molecule has 120 valence electrons. The molecule has 0 atom stereocenters. The summed E-state index contributed by atoms with van der Waals surface area (Å²) in [6.45, 7) is 0. The minimum absolute atomic E-state index is 0.0462. The Bertz CT molecular complexity index is 751. The van der Waals surface area contributed by atoms with Crippen molar-refractivity contribution in [2.45, 2.75) is 0 Å². The number of benzene rings is 2. The number of carbonyl (C=O) groups excluding carboxylic acids is 1. The average molecular weight is 316 g/mol. The van der Waals surface area contributed by atoms with Crippen LogP contribution in [0.5, 0.6) is 17.2 Å². The van der Waals surface area contributed by atoms with E-state index in [0.717, 1.165) is 0 Å². The van der Waals surface area contributed by atoms with Crippen LogP contribution in [0.25, 0.3) is 0 Å². The summed E-state index contributed by atoms with van der Waals surface area (Å²) in [6, 6.07) is 9.02. The van der Waals surface area contributed by atoms with Gasteiger partial charge in [0.05, 0.1) is 32.5 Å². The summed E-state index contributed by atoms with van der Waals surface area (Å²) in [5.41, 5.74) is 0.128. The Hall–Kier alpha value is -3.02. The summed E-state index contributed by atoms with van der Waals surface area (Å²) in [5.74, 6) is -0.519. The topological polar surface area (TPSA) is 82.1 Å². The lowest BCUT2D eigenvalue weighted by Gasteiger charge is -2.12. The predicted molar refractivity (Wildman–Crippen MR) is 82.9 cm³/mol. The van der Waals surface area contributed by atoms with Crippen LogP contribution < -0.4 is 14.2 Å². The van der Waals surface area contributed by atoms with Crippen molar-refractivity contribution in [3.05, 3.63) is 53.1 Å². The van der Waals surface area contributed by atoms with Gasteiger partial charge in [-0.15, -0.1) is 0 Å². The van der Waals surface area contributed by atoms with Gasteiger partial charge in [0.15, 0.2) is 5.78 Å². The average Bonchev–Trinajstić information content (AvgIpc) is 2.59. The van der Waals surface area contributed by atoms with Crippen molar-refractivity contribution in [2.75, 3.05) is 21.3 Å². The van der Waals surface area contributed by atoms with Gasteiger partial charge in [-0.05, 0) is 36.4 Å². The van der Waals surface area contributed by atoms with Crippen LogP contribution in [0.1, 0.15) is 26.3 Å². The number of carboxylic acids is 1. The molecule has 0 spiro atoms. The van der Waals surface area contributed by atoms with Crippen LogP contribution in [0.4, 0.5) is 0 Å². The molecule has 2 aromatic carbocycles. The Labute approximate surface area is 133 Å². The molecule has 2 aromatic rings. The molecule has 0 bridgehead atoms. The van der Waals surface area contributed by atoms with E-state index in [1.807, 2.05) is 0 Å². The zero-order chi connectivity index (χ0) is 17.0. The predicted octanol–water partition coefficient (Wildman–Crippen LogP) is 2.64. The molecule has 0 amide bonds. The first kappa shape index (κ1) is 16.4. The lowest BCUT2D eigenvalue weighted by molar-refractivity contribution is 0.0692. The molecular weight excluding hydrogens is 300 g/mol. The van der Waals surface area contributed by atoms with Crippen LogP contribution in [0.3, 0.4) is 0 Å². The maximum Gasteiger partial charge on any atom is 0.336 e. The Kier molecular flexibility index (Phi) is 4.85. The van der Waals surface area contributed by atoms with Gasteiger partial charge in [-0.25, -0.2) is 4.79 Å². The lowest BCUT2D eigenvalue weighted by atomic mass is 9.97. The van der Waals surface area contributed by atoms with Crippen LogP contribution >= 0.6 is 0 Å². The Balaban J connectivity index is 2.59. The molecule has 6 heteroatoms. The van der Waals surface area contributed by atoms with Gasteiger partial charge < -0.3 is 19.3 Å². The number of rotatable bonds is 6. The van der Waals surface area contributed by atoms with Gasteiger partial charge in [-0.3, -0.25) is 4.79 Å². The van der Waals surface area contributed by atoms with Crippen LogP contribution in [0.2, 0.25) is 0 Å². The SMILES string of the molecule is COc1ccc(OC)c(C(=O)c2ccc(OC)cc2C(=O)O)c1. The molecule has 0 aliphatic carbocycles. The van der Waals surface area contributed by atoms with E-state index in [9.17, 15) is 14.7 Å². The smallest absolute Gasteiger partial charge is 0.336 e. The van der Waals surface area contributed by atoms with Crippen molar-refractivity contribution < 1.29 is 28.9 Å². The van der Waals surface area contributed by atoms with Gasteiger partial charge in [0.1, 0.15) is 17.2 Å². The highest BCUT2D eigenvalue weighted by atomic mass is 16.5. The third-order valence-corrected chi connectivity index (χ3v) is 3.35. The Morgan fingerprint density at radius 2 is 1.35 bits per heavy atom. The summed E-state index contributed by atoms with van der Waals surface area (Å²) in [4.78, 5) is 24.2. The van der Waals surface area contributed by atoms with Gasteiger partial charge in [0, 0.05) is 5.56 Å². The molecule has 6 nitrogen and oxygen atoms in total. The normalized spacial score (nSPS) is 10.0. The van der Waals surface area contributed by atoms with Crippen LogP contribution in [0, 0.1) is 0 Å². The summed E-state index contributed by atoms with van der Waals surface area (Å²) in [6.07, 6.45) is 0. The van der Waals surface area contributed by atoms with Crippen LogP contribution in [-0.2, 0) is 0 Å². The van der Waals surface area contributed by atoms with E-state index in [4.69, 9.17) is 14.2 Å². The van der Waals surface area contributed by atoms with Crippen LogP contribution in [0.15, 0.2) is 36.4 Å². The van der Waals surface area contributed by atoms with Crippen molar-refractivity contribution in [1.82, 2.24) is 0 Å². The van der Waals surface area contributed by atoms with Gasteiger partial charge in [0.25, 0.3) is 0 Å². The van der Waals surface area contributed by atoms with Crippen molar-refractivity contribution >= 4 is 11.8 Å². The number of aromatic carboxylic acids is 1. The summed E-state index contributed by atoms with van der Waals surface area (Å²) >= 11 is 0. The fourth-order valence-corrected chi connectivity index (χ4v) is 2.16. The molecule has 23 heavy (non-hydrogen) atoms. The molecule has 0 saturated carbocycles. The molecule has 0 aliphatic rings. The minimum Gasteiger partial charge on any atom is -0.497 e. The van der Waals surface area contributed by atoms with E-state index in [2.05, 4.69) is 0 Å². The van der Waals surface area contributed by atoms with Crippen molar-refractivity contribution in [3.63, 3.8) is 0 Å². The highest BCUT2D eigenvalue weighted by Crippen LogP contribution is 2.28. The van der Waals surface area contributed by atoms with Gasteiger partial charge in [-0.2, -0.15) is 0 Å². The second kappa shape index (κ2) is 6.83. The molecule has 0 unspecified atom stereocenters. The summed E-state index contributed by atoms with van der Waals surface area (Å²) < 4.78 is 15.3. The fraction of sp³-hybridized carbons (Fsp3) is 0.176. The number of carbonyl (C=O) groups is 2. The molecule has 0 radical (unpaired) electrons. The van der Waals surface area contributed by atoms with E-state index in [1.165, 1.54) is 45.6 Å². The highest BCUT2D eigenvalue weighted by molar-refractivity contribution is 6.15. The summed E-state index contributed by atoms with van der Waals surface area (Å²) in [5, 5.41) is 9.34. The quantitative estimate of drug-likeness (QED) is 0.825. The molecular formula is C17H16O6. The van der Waals surface area contributed by atoms with E-state index < -0.39 is 11.8 Å². The summed E-state index contributed by atoms with van der Waals surface area (Å²) in [7, 11) is 4.34. The maximum absolute atomic E-state index is 12.8. The molecule has 0 fully saturated rings. The molecule has 0 aliphatic heterocycles. The fourth-order valence-electron chi connectivity index (χ4n) is 2.16. The number of methoxy groups -OCH3 is 3. The zero-order valence-corrected chi connectivity index (χ0v) is 13.0. The largest absolute Gasteiger partial charge is 0.497 e. The maximum atomic E-state index is 12.8. The molecule has 0 aromatic heterocycles. The van der Waals surface area contributed by atoms with Crippen LogP contribution in [-0.4, -0.2) is 38.2 Å². The molecule has 1 N–H and O–H groups in total. The highest BCUT2D eigenvalue weighted by Gasteiger charge is 2.22. The zero-order valence-electron chi connectivity index (χ0n) is 13.0. The molecule has 0 saturated heterocycles. The lowest BCUT2D eigenvalue weighted by Crippen LogP contribution is -2.11. The number of hydrogen-bond donors (Lipinski definition) is 1. The number of carboxylic acid groups (broad SMARTS) is 1. The first-order chi connectivity index (χ1) is 11.0. The van der Waals surface area contributed by atoms with Crippen molar-refractivity contribution in [2.24, 2.45) is 0 Å². The molecule has 2 rings (SSSR count). The van der Waals surface area contributed by atoms with E-state index >= 15 is 0 Å². The van der Waals surface area contributed by atoms with Gasteiger partial charge >= 0.3 is 5.97 Å². The van der Waals surface area contributed by atoms with E-state index in [0.29, 0.717) is 17.2 Å². The Morgan fingerprint density at radius 1 is 0.783 bits per heavy atom. The second-order valence-electron chi connectivity index (χ2n) is 4.61. The van der Waals surface area contributed by atoms with E-state index in [1.54, 1.807) is 12.1 Å². The van der Waals surface area contributed by atoms with Gasteiger partial charge in [-0.1, -0.05) is 0 Å².